The summed E-state index contributed by atoms with van der Waals surface area (Å²) in [5.74, 6) is -0.828. The van der Waals surface area contributed by atoms with Crippen molar-refractivity contribution in [3.8, 4) is 0 Å². The highest BCUT2D eigenvalue weighted by Gasteiger charge is 2.39. The van der Waals surface area contributed by atoms with E-state index in [0.717, 1.165) is 13.0 Å². The molecule has 1 aromatic rings. The average molecular weight is 295 g/mol. The van der Waals surface area contributed by atoms with E-state index in [1.807, 2.05) is 6.92 Å². The zero-order valence-electron chi connectivity index (χ0n) is 12.1. The second kappa shape index (κ2) is 5.77. The number of halogens is 1. The molecule has 1 aliphatic rings. The molecule has 1 saturated heterocycles. The quantitative estimate of drug-likeness (QED) is 0.677. The van der Waals surface area contributed by atoms with E-state index in [4.69, 9.17) is 0 Å². The van der Waals surface area contributed by atoms with Crippen LogP contribution in [0.5, 0.6) is 0 Å². The highest BCUT2D eigenvalue weighted by atomic mass is 19.1. The van der Waals surface area contributed by atoms with Crippen molar-refractivity contribution < 1.29 is 14.1 Å². The van der Waals surface area contributed by atoms with Crippen molar-refractivity contribution in [3.05, 3.63) is 39.7 Å². The zero-order chi connectivity index (χ0) is 15.6. The molecule has 1 aromatic carbocycles. The van der Waals surface area contributed by atoms with Gasteiger partial charge in [0, 0.05) is 26.2 Å². The van der Waals surface area contributed by atoms with Gasteiger partial charge >= 0.3 is 5.69 Å². The van der Waals surface area contributed by atoms with Crippen LogP contribution in [0.15, 0.2) is 18.2 Å². The topological polar surface area (TPSA) is 75.5 Å². The smallest absolute Gasteiger partial charge is 0.304 e. The third-order valence-electron chi connectivity index (χ3n) is 3.94. The van der Waals surface area contributed by atoms with Crippen molar-refractivity contribution in [3.63, 3.8) is 0 Å². The van der Waals surface area contributed by atoms with Crippen LogP contribution in [-0.2, 0) is 11.3 Å². The Morgan fingerprint density at radius 3 is 2.86 bits per heavy atom. The molecule has 1 amide bonds. The minimum atomic E-state index is -0.828. The first kappa shape index (κ1) is 15.4. The van der Waals surface area contributed by atoms with Gasteiger partial charge in [-0.25, -0.2) is 0 Å². The van der Waals surface area contributed by atoms with Gasteiger partial charge in [0.1, 0.15) is 0 Å². The van der Waals surface area contributed by atoms with Gasteiger partial charge in [-0.2, -0.15) is 4.39 Å². The Morgan fingerprint density at radius 2 is 2.29 bits per heavy atom. The second-order valence-electron chi connectivity index (χ2n) is 5.64. The lowest BCUT2D eigenvalue weighted by molar-refractivity contribution is -0.387. The second-order valence-corrected chi connectivity index (χ2v) is 5.64. The Balaban J connectivity index is 2.05. The molecule has 0 bridgehead atoms. The number of benzene rings is 1. The zero-order valence-corrected chi connectivity index (χ0v) is 12.1. The molecule has 21 heavy (non-hydrogen) atoms. The van der Waals surface area contributed by atoms with E-state index in [0.29, 0.717) is 18.7 Å². The Morgan fingerprint density at radius 1 is 1.57 bits per heavy atom. The van der Waals surface area contributed by atoms with E-state index in [9.17, 15) is 19.3 Å². The van der Waals surface area contributed by atoms with Crippen LogP contribution in [0.2, 0.25) is 0 Å². The number of hydrogen-bond acceptors (Lipinski definition) is 4. The van der Waals surface area contributed by atoms with Crippen LogP contribution in [0, 0.1) is 21.3 Å². The predicted molar refractivity (Wildman–Crippen MR) is 75.1 cm³/mol. The Kier molecular flexibility index (Phi) is 4.22. The molecule has 114 valence electrons. The molecule has 7 heteroatoms. The first-order chi connectivity index (χ1) is 9.85. The largest absolute Gasteiger partial charge is 0.359 e. The maximum absolute atomic E-state index is 13.6. The van der Waals surface area contributed by atoms with Gasteiger partial charge in [0.2, 0.25) is 11.7 Å². The fourth-order valence-corrected chi connectivity index (χ4v) is 2.73. The number of nitro benzene ring substituents is 1. The number of nitrogens with zero attached hydrogens (tertiary/aromatic N) is 2. The van der Waals surface area contributed by atoms with Gasteiger partial charge in [-0.1, -0.05) is 6.07 Å². The van der Waals surface area contributed by atoms with Gasteiger partial charge in [0.15, 0.2) is 0 Å². The molecule has 1 unspecified atom stereocenters. The number of nitro groups is 1. The SMILES string of the molecule is CNC(=O)C1(C)CCN(Cc2ccc([N+](=O)[O-])c(F)c2)C1. The average Bonchev–Trinajstić information content (AvgIpc) is 2.80. The molecule has 0 spiro atoms. The van der Waals surface area contributed by atoms with Crippen LogP contribution in [-0.4, -0.2) is 35.9 Å². The van der Waals surface area contributed by atoms with Gasteiger partial charge in [-0.3, -0.25) is 19.8 Å². The number of likely N-dealkylation sites (tertiary alicyclic amines) is 1. The van der Waals surface area contributed by atoms with Crippen LogP contribution in [0.3, 0.4) is 0 Å². The molecule has 1 heterocycles. The van der Waals surface area contributed by atoms with Crippen LogP contribution in [0.25, 0.3) is 0 Å². The lowest BCUT2D eigenvalue weighted by atomic mass is 9.89. The van der Waals surface area contributed by atoms with E-state index < -0.39 is 21.8 Å². The maximum atomic E-state index is 13.6. The molecule has 0 saturated carbocycles. The summed E-state index contributed by atoms with van der Waals surface area (Å²) in [5, 5.41) is 13.2. The van der Waals surface area contributed by atoms with Crippen LogP contribution >= 0.6 is 0 Å². The summed E-state index contributed by atoms with van der Waals surface area (Å²) in [6, 6.07) is 3.92. The highest BCUT2D eigenvalue weighted by Crippen LogP contribution is 2.31. The number of nitrogens with one attached hydrogen (secondary N) is 1. The summed E-state index contributed by atoms with van der Waals surface area (Å²) in [4.78, 5) is 23.7. The molecule has 0 radical (unpaired) electrons. The predicted octanol–water partition coefficient (Wildman–Crippen LogP) is 1.69. The third kappa shape index (κ3) is 3.18. The summed E-state index contributed by atoms with van der Waals surface area (Å²) >= 11 is 0. The lowest BCUT2D eigenvalue weighted by Gasteiger charge is -2.22. The van der Waals surface area contributed by atoms with E-state index >= 15 is 0 Å². The number of carbonyl (C=O) groups is 1. The van der Waals surface area contributed by atoms with Gasteiger partial charge in [-0.15, -0.1) is 0 Å². The standard InChI is InChI=1S/C14H18FN3O3/c1-14(13(19)16-2)5-6-17(9-14)8-10-3-4-12(18(20)21)11(15)7-10/h3-4,7H,5-6,8-9H2,1-2H3,(H,16,19). The molecular formula is C14H18FN3O3. The summed E-state index contributed by atoms with van der Waals surface area (Å²) in [5.41, 5.74) is -0.289. The summed E-state index contributed by atoms with van der Waals surface area (Å²) in [6.07, 6.45) is 0.738. The van der Waals surface area contributed by atoms with Crippen molar-refractivity contribution >= 4 is 11.6 Å². The molecule has 6 nitrogen and oxygen atoms in total. The first-order valence-electron chi connectivity index (χ1n) is 6.73. The molecular weight excluding hydrogens is 277 g/mol. The van der Waals surface area contributed by atoms with Crippen molar-refractivity contribution in [1.29, 1.82) is 0 Å². The minimum absolute atomic E-state index is 0.000111. The Labute approximate surface area is 122 Å². The third-order valence-corrected chi connectivity index (χ3v) is 3.94. The normalized spacial score (nSPS) is 22.2. The summed E-state index contributed by atoms with van der Waals surface area (Å²) in [7, 11) is 1.61. The van der Waals surface area contributed by atoms with Crippen molar-refractivity contribution in [1.82, 2.24) is 10.2 Å². The van der Waals surface area contributed by atoms with E-state index in [2.05, 4.69) is 10.2 Å². The first-order valence-corrected chi connectivity index (χ1v) is 6.73. The van der Waals surface area contributed by atoms with Crippen molar-refractivity contribution in [2.24, 2.45) is 5.41 Å². The lowest BCUT2D eigenvalue weighted by Crippen LogP contribution is -2.39. The van der Waals surface area contributed by atoms with E-state index in [-0.39, 0.29) is 5.91 Å². The molecule has 1 N–H and O–H groups in total. The van der Waals surface area contributed by atoms with Crippen LogP contribution in [0.1, 0.15) is 18.9 Å². The highest BCUT2D eigenvalue weighted by molar-refractivity contribution is 5.82. The molecule has 0 aromatic heterocycles. The van der Waals surface area contributed by atoms with Crippen LogP contribution in [0.4, 0.5) is 10.1 Å². The number of carbonyl (C=O) groups excluding carboxylic acids is 1. The van der Waals surface area contributed by atoms with E-state index in [1.54, 1.807) is 13.1 Å². The molecule has 1 atom stereocenters. The Bertz CT molecular complexity index is 579. The summed E-state index contributed by atoms with van der Waals surface area (Å²) in [6.45, 7) is 3.71. The van der Waals surface area contributed by atoms with Gasteiger partial charge in [0.25, 0.3) is 0 Å². The number of amides is 1. The molecule has 2 rings (SSSR count). The number of hydrogen-bond donors (Lipinski definition) is 1. The van der Waals surface area contributed by atoms with Crippen LogP contribution < -0.4 is 5.32 Å². The monoisotopic (exact) mass is 295 g/mol. The van der Waals surface area contributed by atoms with Gasteiger partial charge in [-0.05, 0) is 31.5 Å². The fraction of sp³-hybridized carbons (Fsp3) is 0.500. The van der Waals surface area contributed by atoms with E-state index in [1.165, 1.54) is 12.1 Å². The molecule has 0 aliphatic carbocycles. The minimum Gasteiger partial charge on any atom is -0.359 e. The Hall–Kier alpha value is -2.02. The van der Waals surface area contributed by atoms with Crippen molar-refractivity contribution in [2.75, 3.05) is 20.1 Å². The fourth-order valence-electron chi connectivity index (χ4n) is 2.73. The number of rotatable bonds is 4. The maximum Gasteiger partial charge on any atom is 0.304 e. The summed E-state index contributed by atoms with van der Waals surface area (Å²) < 4.78 is 13.6. The molecule has 1 aliphatic heterocycles. The van der Waals surface area contributed by atoms with Gasteiger partial charge in [0.05, 0.1) is 10.3 Å². The molecule has 1 fully saturated rings. The van der Waals surface area contributed by atoms with Crippen molar-refractivity contribution in [2.45, 2.75) is 19.9 Å². The van der Waals surface area contributed by atoms with Gasteiger partial charge < -0.3 is 5.32 Å².